The number of rotatable bonds is 6. The summed E-state index contributed by atoms with van der Waals surface area (Å²) in [6, 6.07) is 2.68. The Balaban J connectivity index is 3.13. The van der Waals surface area contributed by atoms with Gasteiger partial charge in [0.15, 0.2) is 0 Å². The molecule has 0 bridgehead atoms. The zero-order valence-corrected chi connectivity index (χ0v) is 11.9. The smallest absolute Gasteiger partial charge is 0.383 e. The monoisotopic (exact) mass is 306 g/mol. The van der Waals surface area contributed by atoms with Crippen LogP contribution in [0.4, 0.5) is 24.5 Å². The molecule has 0 saturated carbocycles. The Morgan fingerprint density at radius 2 is 2.00 bits per heavy atom. The minimum atomic E-state index is -4.78. The number of hydrogen-bond donors (Lipinski definition) is 1. The molecule has 0 aromatic heterocycles. The predicted octanol–water partition coefficient (Wildman–Crippen LogP) is 3.70. The number of nitro groups is 1. The highest BCUT2D eigenvalue weighted by molar-refractivity contribution is 5.55. The lowest BCUT2D eigenvalue weighted by atomic mass is 10.0. The molecule has 0 spiro atoms. The molecule has 1 aromatic rings. The van der Waals surface area contributed by atoms with Crippen molar-refractivity contribution in [2.75, 3.05) is 19.0 Å². The fourth-order valence-electron chi connectivity index (χ4n) is 1.81. The van der Waals surface area contributed by atoms with Gasteiger partial charge in [0.2, 0.25) is 0 Å². The maximum atomic E-state index is 12.9. The number of anilines is 1. The molecule has 0 heterocycles. The maximum absolute atomic E-state index is 12.9. The quantitative estimate of drug-likeness (QED) is 0.643. The zero-order chi connectivity index (χ0) is 16.2. The molecule has 1 unspecified atom stereocenters. The number of ether oxygens (including phenoxy) is 1. The normalized spacial score (nSPS) is 13.3. The Morgan fingerprint density at radius 3 is 2.43 bits per heavy atom. The minimum absolute atomic E-state index is 0.120. The number of nitrogens with one attached hydrogen (secondary N) is 1. The predicted molar refractivity (Wildman–Crippen MR) is 72.2 cm³/mol. The van der Waals surface area contributed by atoms with Gasteiger partial charge in [-0.05, 0) is 18.1 Å². The first-order valence-electron chi connectivity index (χ1n) is 6.28. The fourth-order valence-corrected chi connectivity index (χ4v) is 1.81. The Kier molecular flexibility index (Phi) is 5.54. The van der Waals surface area contributed by atoms with Crippen molar-refractivity contribution in [2.45, 2.75) is 26.1 Å². The molecule has 5 nitrogen and oxygen atoms in total. The van der Waals surface area contributed by atoms with E-state index < -0.39 is 22.4 Å². The molecular formula is C13H17F3N2O3. The van der Waals surface area contributed by atoms with E-state index in [0.29, 0.717) is 6.61 Å². The van der Waals surface area contributed by atoms with Crippen LogP contribution in [0.15, 0.2) is 18.2 Å². The van der Waals surface area contributed by atoms with Crippen molar-refractivity contribution >= 4 is 11.4 Å². The lowest BCUT2D eigenvalue weighted by Crippen LogP contribution is -2.30. The van der Waals surface area contributed by atoms with Crippen molar-refractivity contribution < 1.29 is 22.8 Å². The molecule has 1 aromatic carbocycles. The first kappa shape index (κ1) is 17.2. The summed E-state index contributed by atoms with van der Waals surface area (Å²) in [6.45, 7) is 4.11. The zero-order valence-electron chi connectivity index (χ0n) is 11.9. The van der Waals surface area contributed by atoms with Crippen LogP contribution in [0.25, 0.3) is 0 Å². The molecule has 0 amide bonds. The third kappa shape index (κ3) is 4.59. The SMILES string of the molecule is COCC(Nc1ccc([N+](=O)[O-])c(C(F)(F)F)c1)C(C)C. The van der Waals surface area contributed by atoms with E-state index in [4.69, 9.17) is 4.74 Å². The summed E-state index contributed by atoms with van der Waals surface area (Å²) in [5.74, 6) is 0.120. The van der Waals surface area contributed by atoms with Crippen molar-refractivity contribution in [1.82, 2.24) is 0 Å². The van der Waals surface area contributed by atoms with Crippen LogP contribution in [-0.4, -0.2) is 24.7 Å². The van der Waals surface area contributed by atoms with E-state index in [1.54, 1.807) is 0 Å². The van der Waals surface area contributed by atoms with Gasteiger partial charge >= 0.3 is 6.18 Å². The van der Waals surface area contributed by atoms with Gasteiger partial charge in [-0.15, -0.1) is 0 Å². The van der Waals surface area contributed by atoms with Gasteiger partial charge in [0, 0.05) is 18.9 Å². The second kappa shape index (κ2) is 6.75. The van der Waals surface area contributed by atoms with Crippen LogP contribution in [0, 0.1) is 16.0 Å². The molecule has 0 aliphatic rings. The van der Waals surface area contributed by atoms with Crippen molar-refractivity contribution in [3.05, 3.63) is 33.9 Å². The van der Waals surface area contributed by atoms with Crippen molar-refractivity contribution in [1.29, 1.82) is 0 Å². The van der Waals surface area contributed by atoms with Crippen LogP contribution in [0.5, 0.6) is 0 Å². The molecule has 8 heteroatoms. The Morgan fingerprint density at radius 1 is 1.38 bits per heavy atom. The summed E-state index contributed by atoms with van der Waals surface area (Å²) in [5, 5.41) is 13.6. The van der Waals surface area contributed by atoms with Gasteiger partial charge in [-0.1, -0.05) is 13.8 Å². The summed E-state index contributed by atoms with van der Waals surface area (Å²) < 4.78 is 43.6. The fraction of sp³-hybridized carbons (Fsp3) is 0.538. The van der Waals surface area contributed by atoms with Gasteiger partial charge in [-0.3, -0.25) is 10.1 Å². The van der Waals surface area contributed by atoms with E-state index in [-0.39, 0.29) is 17.6 Å². The summed E-state index contributed by atoms with van der Waals surface area (Å²) in [4.78, 5) is 9.64. The molecule has 1 N–H and O–H groups in total. The highest BCUT2D eigenvalue weighted by Crippen LogP contribution is 2.37. The third-order valence-corrected chi connectivity index (χ3v) is 3.00. The van der Waals surface area contributed by atoms with Gasteiger partial charge in [-0.25, -0.2) is 0 Å². The lowest BCUT2D eigenvalue weighted by molar-refractivity contribution is -0.388. The second-order valence-electron chi connectivity index (χ2n) is 4.94. The van der Waals surface area contributed by atoms with E-state index in [2.05, 4.69) is 5.32 Å². The number of nitro benzene ring substituents is 1. The van der Waals surface area contributed by atoms with Gasteiger partial charge in [0.1, 0.15) is 5.56 Å². The molecule has 0 radical (unpaired) electrons. The number of nitrogens with zero attached hydrogens (tertiary/aromatic N) is 1. The topological polar surface area (TPSA) is 64.4 Å². The third-order valence-electron chi connectivity index (χ3n) is 3.00. The molecular weight excluding hydrogens is 289 g/mol. The second-order valence-corrected chi connectivity index (χ2v) is 4.94. The van der Waals surface area contributed by atoms with Crippen molar-refractivity contribution in [3.8, 4) is 0 Å². The standard InChI is InChI=1S/C13H17F3N2O3/c1-8(2)11(7-21-3)17-9-4-5-12(18(19)20)10(6-9)13(14,15)16/h4-6,8,11,17H,7H2,1-3H3. The first-order chi connectivity index (χ1) is 9.66. The maximum Gasteiger partial charge on any atom is 0.423 e. The Bertz CT molecular complexity index is 504. The summed E-state index contributed by atoms with van der Waals surface area (Å²) >= 11 is 0. The molecule has 0 aliphatic heterocycles. The summed E-state index contributed by atoms with van der Waals surface area (Å²) in [6.07, 6.45) is -4.78. The molecule has 21 heavy (non-hydrogen) atoms. The van der Waals surface area contributed by atoms with Crippen molar-refractivity contribution in [2.24, 2.45) is 5.92 Å². The highest BCUT2D eigenvalue weighted by atomic mass is 19.4. The largest absolute Gasteiger partial charge is 0.423 e. The number of methoxy groups -OCH3 is 1. The molecule has 1 rings (SSSR count). The van der Waals surface area contributed by atoms with Crippen LogP contribution in [0.3, 0.4) is 0 Å². The number of alkyl halides is 3. The number of halogens is 3. The lowest BCUT2D eigenvalue weighted by Gasteiger charge is -2.23. The molecule has 0 saturated heterocycles. The van der Waals surface area contributed by atoms with E-state index in [9.17, 15) is 23.3 Å². The number of hydrogen-bond acceptors (Lipinski definition) is 4. The van der Waals surface area contributed by atoms with Crippen LogP contribution in [0.2, 0.25) is 0 Å². The molecule has 0 aliphatic carbocycles. The Labute approximate surface area is 120 Å². The molecule has 118 valence electrons. The van der Waals surface area contributed by atoms with Gasteiger partial charge in [0.25, 0.3) is 5.69 Å². The average Bonchev–Trinajstić information content (AvgIpc) is 2.36. The van der Waals surface area contributed by atoms with Crippen LogP contribution >= 0.6 is 0 Å². The summed E-state index contributed by atoms with van der Waals surface area (Å²) in [7, 11) is 1.49. The van der Waals surface area contributed by atoms with E-state index in [0.717, 1.165) is 12.1 Å². The Hall–Kier alpha value is -1.83. The minimum Gasteiger partial charge on any atom is -0.383 e. The van der Waals surface area contributed by atoms with E-state index in [1.165, 1.54) is 13.2 Å². The van der Waals surface area contributed by atoms with Gasteiger partial charge in [0.05, 0.1) is 17.6 Å². The van der Waals surface area contributed by atoms with E-state index >= 15 is 0 Å². The summed E-state index contributed by atoms with van der Waals surface area (Å²) in [5.41, 5.74) is -2.05. The van der Waals surface area contributed by atoms with Gasteiger partial charge < -0.3 is 10.1 Å². The van der Waals surface area contributed by atoms with Crippen LogP contribution in [-0.2, 0) is 10.9 Å². The van der Waals surface area contributed by atoms with Gasteiger partial charge in [-0.2, -0.15) is 13.2 Å². The average molecular weight is 306 g/mol. The highest BCUT2D eigenvalue weighted by Gasteiger charge is 2.38. The molecule has 1 atom stereocenters. The first-order valence-corrected chi connectivity index (χ1v) is 6.28. The number of benzene rings is 1. The van der Waals surface area contributed by atoms with Crippen LogP contribution < -0.4 is 5.32 Å². The van der Waals surface area contributed by atoms with E-state index in [1.807, 2.05) is 13.8 Å². The molecule has 0 fully saturated rings. The van der Waals surface area contributed by atoms with Crippen LogP contribution in [0.1, 0.15) is 19.4 Å². The van der Waals surface area contributed by atoms with Crippen molar-refractivity contribution in [3.63, 3.8) is 0 Å².